The van der Waals surface area contributed by atoms with Crippen molar-refractivity contribution in [3.8, 4) is 0 Å². The average molecular weight is 479 g/mol. The van der Waals surface area contributed by atoms with E-state index in [-0.39, 0.29) is 15.9 Å². The second-order valence-electron chi connectivity index (χ2n) is 8.05. The molecule has 0 bridgehead atoms. The lowest BCUT2D eigenvalue weighted by Crippen LogP contribution is -2.44. The van der Waals surface area contributed by atoms with Gasteiger partial charge in [0.15, 0.2) is 0 Å². The fourth-order valence-electron chi connectivity index (χ4n) is 3.86. The van der Waals surface area contributed by atoms with Crippen LogP contribution in [0.25, 0.3) is 0 Å². The first-order valence-electron chi connectivity index (χ1n) is 9.79. The number of carboxylic acid groups (broad SMARTS) is 1. The summed E-state index contributed by atoms with van der Waals surface area (Å²) in [5, 5.41) is 10.5. The number of hydrogen-bond donors (Lipinski definition) is 2. The Balaban J connectivity index is 1.52. The molecule has 0 spiro atoms. The Morgan fingerprint density at radius 2 is 1.90 bits per heavy atom. The Hall–Kier alpha value is -2.00. The van der Waals surface area contributed by atoms with E-state index < -0.39 is 27.4 Å². The van der Waals surface area contributed by atoms with Gasteiger partial charge in [-0.05, 0) is 48.2 Å². The van der Waals surface area contributed by atoms with E-state index in [0.717, 1.165) is 16.8 Å². The highest BCUT2D eigenvalue weighted by Gasteiger charge is 2.63. The Bertz CT molecular complexity index is 1150. The smallest absolute Gasteiger partial charge is 0.325 e. The predicted molar refractivity (Wildman–Crippen MR) is 125 cm³/mol. The van der Waals surface area contributed by atoms with Gasteiger partial charge in [-0.15, -0.1) is 11.8 Å². The minimum Gasteiger partial charge on any atom is -0.480 e. The summed E-state index contributed by atoms with van der Waals surface area (Å²) < 4.78 is 28.8. The van der Waals surface area contributed by atoms with E-state index in [2.05, 4.69) is 4.72 Å². The molecule has 1 saturated carbocycles. The zero-order valence-corrected chi connectivity index (χ0v) is 19.5. The number of rotatable bonds is 7. The maximum Gasteiger partial charge on any atom is 0.325 e. The second kappa shape index (κ2) is 8.16. The van der Waals surface area contributed by atoms with Crippen LogP contribution in [-0.2, 0) is 14.8 Å². The van der Waals surface area contributed by atoms with Crippen LogP contribution in [0.5, 0.6) is 0 Å². The summed E-state index contributed by atoms with van der Waals surface area (Å²) in [4.78, 5) is 14.0. The fourth-order valence-corrected chi connectivity index (χ4v) is 7.14. The largest absolute Gasteiger partial charge is 0.480 e. The summed E-state index contributed by atoms with van der Waals surface area (Å²) >= 11 is 7.16. The van der Waals surface area contributed by atoms with Gasteiger partial charge in [-0.1, -0.05) is 41.9 Å². The van der Waals surface area contributed by atoms with E-state index in [9.17, 15) is 18.3 Å². The predicted octanol–water partition coefficient (Wildman–Crippen LogP) is 4.36. The normalized spacial score (nSPS) is 25.2. The van der Waals surface area contributed by atoms with Crippen molar-refractivity contribution < 1.29 is 18.3 Å². The van der Waals surface area contributed by atoms with Gasteiger partial charge in [-0.3, -0.25) is 4.79 Å². The summed E-state index contributed by atoms with van der Waals surface area (Å²) in [6, 6.07) is 14.8. The summed E-state index contributed by atoms with van der Waals surface area (Å²) in [7, 11) is -0.154. The Morgan fingerprint density at radius 1 is 1.19 bits per heavy atom. The quantitative estimate of drug-likeness (QED) is 0.615. The highest BCUT2D eigenvalue weighted by atomic mass is 35.5. The van der Waals surface area contributed by atoms with Gasteiger partial charge in [0.2, 0.25) is 10.0 Å². The highest BCUT2D eigenvalue weighted by molar-refractivity contribution is 8.18. The minimum absolute atomic E-state index is 0.0450. The molecule has 164 valence electrons. The lowest BCUT2D eigenvalue weighted by Gasteiger charge is -2.18. The number of nitrogens with zero attached hydrogens (tertiary/aromatic N) is 1. The van der Waals surface area contributed by atoms with Gasteiger partial charge in [-0.25, -0.2) is 8.42 Å². The molecule has 2 aromatic rings. The molecule has 31 heavy (non-hydrogen) atoms. The van der Waals surface area contributed by atoms with Crippen LogP contribution in [0.15, 0.2) is 58.8 Å². The number of carbonyl (C=O) groups is 1. The van der Waals surface area contributed by atoms with E-state index in [4.69, 9.17) is 11.6 Å². The number of halogens is 1. The van der Waals surface area contributed by atoms with Gasteiger partial charge in [0.25, 0.3) is 0 Å². The molecule has 0 saturated heterocycles. The van der Waals surface area contributed by atoms with Crippen LogP contribution in [0.2, 0.25) is 5.02 Å². The molecule has 0 aromatic heterocycles. The SMILES string of the molecule is CN(C)c1cccc(C2CC2(NS(=O)(=O)C2=CCC(c3ccc(Cl)cc3)S2)C(=O)O)c1. The number of nitrogens with one attached hydrogen (secondary N) is 1. The highest BCUT2D eigenvalue weighted by Crippen LogP contribution is 2.54. The number of benzene rings is 2. The lowest BCUT2D eigenvalue weighted by atomic mass is 10.1. The third-order valence-electron chi connectivity index (χ3n) is 5.71. The van der Waals surface area contributed by atoms with Crippen molar-refractivity contribution in [2.75, 3.05) is 19.0 Å². The molecule has 0 radical (unpaired) electrons. The van der Waals surface area contributed by atoms with Crippen molar-refractivity contribution >= 4 is 45.0 Å². The Kier molecular flexibility index (Phi) is 5.85. The number of anilines is 1. The van der Waals surface area contributed by atoms with Crippen LogP contribution in [0.3, 0.4) is 0 Å². The van der Waals surface area contributed by atoms with Gasteiger partial charge in [0, 0.05) is 36.0 Å². The number of aliphatic carboxylic acids is 1. The summed E-state index contributed by atoms with van der Waals surface area (Å²) in [6.45, 7) is 0. The lowest BCUT2D eigenvalue weighted by molar-refractivity contribution is -0.140. The van der Waals surface area contributed by atoms with Crippen molar-refractivity contribution in [2.45, 2.75) is 29.5 Å². The Labute approximate surface area is 191 Å². The molecule has 1 aliphatic heterocycles. The summed E-state index contributed by atoms with van der Waals surface area (Å²) in [5.41, 5.74) is 1.20. The van der Waals surface area contributed by atoms with E-state index in [1.807, 2.05) is 55.4 Å². The zero-order chi connectivity index (χ0) is 22.4. The number of hydrogen-bond acceptors (Lipinski definition) is 5. The van der Waals surface area contributed by atoms with Gasteiger partial charge in [-0.2, -0.15) is 4.72 Å². The minimum atomic E-state index is -3.96. The zero-order valence-electron chi connectivity index (χ0n) is 17.1. The van der Waals surface area contributed by atoms with Crippen molar-refractivity contribution in [2.24, 2.45) is 0 Å². The van der Waals surface area contributed by atoms with Crippen LogP contribution < -0.4 is 9.62 Å². The standard InChI is InChI=1S/C22H23ClN2O4S2/c1-25(2)17-5-3-4-15(12-17)18-13-22(18,21(26)27)24-31(28,29)20-11-10-19(30-20)14-6-8-16(23)9-7-14/h3-9,11-12,18-19,24H,10,13H2,1-2H3,(H,26,27). The third kappa shape index (κ3) is 4.35. The molecular weight excluding hydrogens is 456 g/mol. The van der Waals surface area contributed by atoms with E-state index in [1.165, 1.54) is 11.8 Å². The maximum atomic E-state index is 13.1. The van der Waals surface area contributed by atoms with Crippen LogP contribution in [0.4, 0.5) is 5.69 Å². The first-order chi connectivity index (χ1) is 14.6. The summed E-state index contributed by atoms with van der Waals surface area (Å²) in [5.74, 6) is -1.58. The molecule has 9 heteroatoms. The molecule has 2 N–H and O–H groups in total. The first-order valence-corrected chi connectivity index (χ1v) is 12.5. The molecule has 2 aromatic carbocycles. The number of allylic oxidation sites excluding steroid dienone is 1. The molecule has 4 rings (SSSR count). The number of sulfonamides is 1. The number of thioether (sulfide) groups is 1. The van der Waals surface area contributed by atoms with Crippen LogP contribution in [0, 0.1) is 0 Å². The maximum absolute atomic E-state index is 13.1. The molecule has 3 atom stereocenters. The van der Waals surface area contributed by atoms with E-state index >= 15 is 0 Å². The molecule has 2 aliphatic rings. The van der Waals surface area contributed by atoms with Crippen LogP contribution in [-0.4, -0.2) is 39.1 Å². The Morgan fingerprint density at radius 3 is 2.55 bits per heavy atom. The van der Waals surface area contributed by atoms with E-state index in [0.29, 0.717) is 11.4 Å². The second-order valence-corrected chi connectivity index (χ2v) is 11.6. The molecule has 1 heterocycles. The van der Waals surface area contributed by atoms with Crippen LogP contribution >= 0.6 is 23.4 Å². The fraction of sp³-hybridized carbons (Fsp3) is 0.318. The van der Waals surface area contributed by atoms with Gasteiger partial charge < -0.3 is 10.0 Å². The third-order valence-corrected chi connectivity index (χ3v) is 9.39. The molecule has 3 unspecified atom stereocenters. The molecule has 1 fully saturated rings. The van der Waals surface area contributed by atoms with Crippen LogP contribution in [0.1, 0.15) is 35.1 Å². The van der Waals surface area contributed by atoms with Gasteiger partial charge in [0.1, 0.15) is 9.78 Å². The van der Waals surface area contributed by atoms with Crippen molar-refractivity contribution in [3.05, 3.63) is 75.0 Å². The average Bonchev–Trinajstić information content (AvgIpc) is 3.22. The summed E-state index contributed by atoms with van der Waals surface area (Å²) in [6.07, 6.45) is 2.43. The van der Waals surface area contributed by atoms with Gasteiger partial charge in [0.05, 0.1) is 0 Å². The van der Waals surface area contributed by atoms with Gasteiger partial charge >= 0.3 is 5.97 Å². The first kappa shape index (κ1) is 22.2. The van der Waals surface area contributed by atoms with E-state index in [1.54, 1.807) is 18.2 Å². The number of carboxylic acids is 1. The van der Waals surface area contributed by atoms with Crippen molar-refractivity contribution in [1.29, 1.82) is 0 Å². The van der Waals surface area contributed by atoms with Crippen molar-refractivity contribution in [3.63, 3.8) is 0 Å². The topological polar surface area (TPSA) is 86.7 Å². The molecule has 6 nitrogen and oxygen atoms in total. The molecular formula is C22H23ClN2O4S2. The monoisotopic (exact) mass is 478 g/mol. The molecule has 1 aliphatic carbocycles. The van der Waals surface area contributed by atoms with Crippen molar-refractivity contribution in [1.82, 2.24) is 4.72 Å². The molecule has 0 amide bonds.